The van der Waals surface area contributed by atoms with Crippen LogP contribution in [0.3, 0.4) is 0 Å². The molecule has 1 aliphatic rings. The van der Waals surface area contributed by atoms with Crippen molar-refractivity contribution in [3.05, 3.63) is 69.3 Å². The molecule has 0 saturated heterocycles. The molecule has 0 bridgehead atoms. The van der Waals surface area contributed by atoms with Crippen LogP contribution in [0.15, 0.2) is 63.4 Å². The molecule has 0 radical (unpaired) electrons. The van der Waals surface area contributed by atoms with E-state index < -0.39 is 12.0 Å². The topological polar surface area (TPSA) is 87.5 Å². The van der Waals surface area contributed by atoms with Crippen molar-refractivity contribution in [2.45, 2.75) is 38.6 Å². The quantitative estimate of drug-likeness (QED) is 0.268. The van der Waals surface area contributed by atoms with E-state index in [-0.39, 0.29) is 6.61 Å². The van der Waals surface area contributed by atoms with Gasteiger partial charge in [-0.25, -0.2) is 9.48 Å². The number of benzene rings is 2. The van der Waals surface area contributed by atoms with Crippen molar-refractivity contribution in [3.8, 4) is 11.5 Å². The molecule has 4 rings (SSSR count). The molecule has 8 nitrogen and oxygen atoms in total. The number of anilines is 1. The number of fused-ring (bicyclic) bond motifs is 1. The van der Waals surface area contributed by atoms with Crippen molar-refractivity contribution in [1.82, 2.24) is 14.8 Å². The van der Waals surface area contributed by atoms with Crippen molar-refractivity contribution in [2.24, 2.45) is 0 Å². The van der Waals surface area contributed by atoms with Gasteiger partial charge in [0.05, 0.1) is 19.3 Å². The van der Waals surface area contributed by atoms with Gasteiger partial charge >= 0.3 is 5.97 Å². The lowest BCUT2D eigenvalue weighted by atomic mass is 9.95. The van der Waals surface area contributed by atoms with E-state index in [4.69, 9.17) is 14.2 Å². The van der Waals surface area contributed by atoms with Gasteiger partial charge in [0.25, 0.3) is 0 Å². The summed E-state index contributed by atoms with van der Waals surface area (Å²) in [6, 6.07) is 13.0. The molecule has 1 atom stereocenters. The maximum absolute atomic E-state index is 13.0. The minimum absolute atomic E-state index is 0.273. The van der Waals surface area contributed by atoms with Crippen LogP contribution in [-0.2, 0) is 16.1 Å². The van der Waals surface area contributed by atoms with Gasteiger partial charge in [-0.15, -0.1) is 5.10 Å². The van der Waals surface area contributed by atoms with E-state index in [0.29, 0.717) is 40.5 Å². The first kappa shape index (κ1) is 25.1. The molecule has 0 spiro atoms. The first-order valence-electron chi connectivity index (χ1n) is 11.2. The van der Waals surface area contributed by atoms with Gasteiger partial charge < -0.3 is 19.5 Å². The Bertz CT molecular complexity index is 1260. The molecule has 0 fully saturated rings. The number of methoxy groups -OCH3 is 1. The fourth-order valence-electron chi connectivity index (χ4n) is 3.86. The number of nitrogens with zero attached hydrogens (tertiary/aromatic N) is 3. The van der Waals surface area contributed by atoms with E-state index in [1.165, 1.54) is 11.8 Å². The Hall–Kier alpha value is -2.98. The van der Waals surface area contributed by atoms with E-state index in [2.05, 4.69) is 31.3 Å². The van der Waals surface area contributed by atoms with Gasteiger partial charge in [0.1, 0.15) is 12.6 Å². The zero-order valence-corrected chi connectivity index (χ0v) is 22.4. The zero-order valence-electron chi connectivity index (χ0n) is 20.0. The van der Waals surface area contributed by atoms with Crippen LogP contribution in [0.5, 0.6) is 11.5 Å². The number of hydrogen-bond acceptors (Lipinski definition) is 8. The molecule has 0 aliphatic carbocycles. The monoisotopic (exact) mass is 558 g/mol. The number of thioether (sulfide) groups is 1. The first-order valence-corrected chi connectivity index (χ1v) is 13.0. The van der Waals surface area contributed by atoms with E-state index in [1.54, 1.807) is 18.7 Å². The van der Waals surface area contributed by atoms with Crippen LogP contribution in [0.25, 0.3) is 0 Å². The summed E-state index contributed by atoms with van der Waals surface area (Å²) < 4.78 is 19.8. The molecule has 1 aromatic heterocycles. The van der Waals surface area contributed by atoms with E-state index in [0.717, 1.165) is 21.4 Å². The average molecular weight is 559 g/mol. The van der Waals surface area contributed by atoms with Gasteiger partial charge in [0, 0.05) is 10.2 Å². The molecule has 10 heteroatoms. The molecule has 35 heavy (non-hydrogen) atoms. The lowest BCUT2D eigenvalue weighted by Gasteiger charge is -2.28. The van der Waals surface area contributed by atoms with Crippen molar-refractivity contribution in [3.63, 3.8) is 0 Å². The summed E-state index contributed by atoms with van der Waals surface area (Å²) in [6.45, 7) is 6.34. The average Bonchev–Trinajstić information content (AvgIpc) is 3.24. The number of carbonyl (C=O) groups is 1. The molecule has 2 heterocycles. The van der Waals surface area contributed by atoms with E-state index >= 15 is 0 Å². The fraction of sp³-hybridized carbons (Fsp3) is 0.320. The molecule has 0 saturated carbocycles. The van der Waals surface area contributed by atoms with Crippen LogP contribution < -0.4 is 14.8 Å². The highest BCUT2D eigenvalue weighted by atomic mass is 79.9. The van der Waals surface area contributed by atoms with Gasteiger partial charge in [-0.3, -0.25) is 0 Å². The molecule has 1 unspecified atom stereocenters. The Morgan fingerprint density at radius 2 is 2.03 bits per heavy atom. The number of hydrogen-bond donors (Lipinski definition) is 1. The number of ether oxygens (including phenoxy) is 3. The number of rotatable bonds is 9. The summed E-state index contributed by atoms with van der Waals surface area (Å²) in [5.74, 6) is 2.17. The Morgan fingerprint density at radius 3 is 2.74 bits per heavy atom. The number of esters is 1. The molecular formula is C25H27BrN4O4S. The largest absolute Gasteiger partial charge is 0.493 e. The van der Waals surface area contributed by atoms with Crippen molar-refractivity contribution in [1.29, 1.82) is 0 Å². The molecule has 3 aromatic rings. The lowest BCUT2D eigenvalue weighted by Crippen LogP contribution is -2.29. The summed E-state index contributed by atoms with van der Waals surface area (Å²) in [5, 5.41) is 8.52. The third-order valence-corrected chi connectivity index (χ3v) is 6.60. The van der Waals surface area contributed by atoms with Crippen molar-refractivity contribution >= 4 is 39.6 Å². The Morgan fingerprint density at radius 1 is 1.20 bits per heavy atom. The molecule has 2 aromatic carbocycles. The first-order chi connectivity index (χ1) is 16.9. The molecule has 1 N–H and O–H groups in total. The Balaban J connectivity index is 1.71. The number of nitrogens with one attached hydrogen (secondary N) is 1. The van der Waals surface area contributed by atoms with Gasteiger partial charge in [-0.1, -0.05) is 52.8 Å². The van der Waals surface area contributed by atoms with Crippen molar-refractivity contribution < 1.29 is 19.0 Å². The maximum atomic E-state index is 13.0. The van der Waals surface area contributed by atoms with Crippen LogP contribution in [0.2, 0.25) is 0 Å². The van der Waals surface area contributed by atoms with Crippen LogP contribution >= 0.6 is 27.7 Å². The third-order valence-electron chi connectivity index (χ3n) is 5.39. The normalized spacial score (nSPS) is 14.8. The van der Waals surface area contributed by atoms with Crippen LogP contribution in [0.4, 0.5) is 5.95 Å². The van der Waals surface area contributed by atoms with Gasteiger partial charge in [-0.05, 0) is 55.0 Å². The number of carbonyl (C=O) groups excluding carboxylic acids is 1. The number of allylic oxidation sites excluding steroid dienone is 1. The second-order valence-corrected chi connectivity index (χ2v) is 9.86. The lowest BCUT2D eigenvalue weighted by molar-refractivity contribution is -0.139. The summed E-state index contributed by atoms with van der Waals surface area (Å²) >= 11 is 5.02. The van der Waals surface area contributed by atoms with Crippen LogP contribution in [-0.4, -0.2) is 40.2 Å². The van der Waals surface area contributed by atoms with Gasteiger partial charge in [0.15, 0.2) is 11.5 Å². The van der Waals surface area contributed by atoms with Crippen molar-refractivity contribution in [2.75, 3.05) is 24.8 Å². The molecule has 0 amide bonds. The van der Waals surface area contributed by atoms with Gasteiger partial charge in [-0.2, -0.15) is 4.98 Å². The molecule has 1 aliphatic heterocycles. The fourth-order valence-corrected chi connectivity index (χ4v) is 4.87. The predicted molar refractivity (Wildman–Crippen MR) is 139 cm³/mol. The zero-order chi connectivity index (χ0) is 24.9. The second kappa shape index (κ2) is 11.2. The molecular weight excluding hydrogens is 532 g/mol. The molecule has 184 valence electrons. The third kappa shape index (κ3) is 5.48. The predicted octanol–water partition coefficient (Wildman–Crippen LogP) is 5.59. The second-order valence-electron chi connectivity index (χ2n) is 7.71. The summed E-state index contributed by atoms with van der Waals surface area (Å²) in [6.07, 6.45) is 0. The van der Waals surface area contributed by atoms with E-state index in [1.807, 2.05) is 56.3 Å². The van der Waals surface area contributed by atoms with E-state index in [9.17, 15) is 4.79 Å². The minimum atomic E-state index is -0.531. The Labute approximate surface area is 217 Å². The highest BCUT2D eigenvalue weighted by Crippen LogP contribution is 2.40. The highest BCUT2D eigenvalue weighted by molar-refractivity contribution is 9.10. The summed E-state index contributed by atoms with van der Waals surface area (Å²) in [4.78, 5) is 17.6. The smallest absolute Gasteiger partial charge is 0.338 e. The number of halogens is 1. The summed E-state index contributed by atoms with van der Waals surface area (Å²) in [7, 11) is 1.59. The standard InChI is InChI=1S/C25H27BrN4O4S/c1-5-33-23(31)21-15(3)27-24-28-25(35-6-2)29-30(24)22(21)17-10-11-19(20(13-17)32-4)34-14-16-8-7-9-18(26)12-16/h7-13,22H,5-6,14H2,1-4H3,(H,27,28,29). The SMILES string of the molecule is CCOC(=O)C1=C(C)Nc2nc(SCC)nn2C1c1ccc(OCc2cccc(Br)c2)c(OC)c1. The highest BCUT2D eigenvalue weighted by Gasteiger charge is 2.35. The maximum Gasteiger partial charge on any atom is 0.338 e. The summed E-state index contributed by atoms with van der Waals surface area (Å²) in [5.41, 5.74) is 2.98. The Kier molecular flexibility index (Phi) is 8.02. The van der Waals surface area contributed by atoms with Crippen LogP contribution in [0.1, 0.15) is 37.9 Å². The number of aromatic nitrogens is 3. The van der Waals surface area contributed by atoms with Gasteiger partial charge in [0.2, 0.25) is 11.1 Å². The minimum Gasteiger partial charge on any atom is -0.493 e. The van der Waals surface area contributed by atoms with Crippen LogP contribution in [0, 0.1) is 0 Å².